The van der Waals surface area contributed by atoms with Crippen LogP contribution < -0.4 is 16.4 Å². The summed E-state index contributed by atoms with van der Waals surface area (Å²) in [5.74, 6) is 4.40. The molecule has 0 heterocycles. The molecule has 0 unspecified atom stereocenters. The molecule has 0 aliphatic rings. The van der Waals surface area contributed by atoms with Crippen molar-refractivity contribution < 1.29 is 28.7 Å². The molecule has 0 radical (unpaired) electrons. The van der Waals surface area contributed by atoms with E-state index in [0.29, 0.717) is 29.1 Å². The predicted molar refractivity (Wildman–Crippen MR) is 124 cm³/mol. The highest BCUT2D eigenvalue weighted by molar-refractivity contribution is 6.31. The van der Waals surface area contributed by atoms with Crippen molar-refractivity contribution in [2.75, 3.05) is 12.4 Å². The van der Waals surface area contributed by atoms with E-state index in [1.807, 2.05) is 0 Å². The van der Waals surface area contributed by atoms with Crippen molar-refractivity contribution in [3.05, 3.63) is 28.8 Å². The zero-order valence-corrected chi connectivity index (χ0v) is 20.0. The number of amides is 3. The SMILES string of the molecule is COC(=O)CCCC#Cc1cc(Cl)cc(NC(=O)[C@H](CCC(N)=O)NC(=O)OC(C)(C)C)c1. The first-order valence-electron chi connectivity index (χ1n) is 10.3. The Balaban J connectivity index is 2.88. The number of esters is 1. The second kappa shape index (κ2) is 13.3. The number of nitrogens with two attached hydrogens (primary N) is 1. The molecule has 180 valence electrons. The third-order valence-corrected chi connectivity index (χ3v) is 4.21. The van der Waals surface area contributed by atoms with Crippen LogP contribution in [-0.4, -0.2) is 42.6 Å². The van der Waals surface area contributed by atoms with Crippen molar-refractivity contribution in [3.8, 4) is 11.8 Å². The number of nitrogens with one attached hydrogen (secondary N) is 2. The maximum Gasteiger partial charge on any atom is 0.408 e. The highest BCUT2D eigenvalue weighted by atomic mass is 35.5. The number of halogens is 1. The third-order valence-electron chi connectivity index (χ3n) is 4.00. The number of alkyl carbamates (subject to hydrolysis) is 1. The number of carbonyl (C=O) groups excluding carboxylic acids is 4. The summed E-state index contributed by atoms with van der Waals surface area (Å²) in [6.45, 7) is 5.07. The molecule has 0 aliphatic heterocycles. The van der Waals surface area contributed by atoms with Crippen molar-refractivity contribution in [2.24, 2.45) is 5.73 Å². The van der Waals surface area contributed by atoms with E-state index in [-0.39, 0.29) is 25.2 Å². The number of unbranched alkanes of at least 4 members (excludes halogenated alkanes) is 1. The quantitative estimate of drug-likeness (QED) is 0.282. The molecule has 1 rings (SSSR count). The van der Waals surface area contributed by atoms with Gasteiger partial charge in [0.25, 0.3) is 0 Å². The first-order valence-corrected chi connectivity index (χ1v) is 10.7. The number of hydrogen-bond acceptors (Lipinski definition) is 6. The van der Waals surface area contributed by atoms with Crippen molar-refractivity contribution in [2.45, 2.75) is 64.5 Å². The highest BCUT2D eigenvalue weighted by Crippen LogP contribution is 2.19. The second-order valence-corrected chi connectivity index (χ2v) is 8.59. The summed E-state index contributed by atoms with van der Waals surface area (Å²) in [5, 5.41) is 5.47. The highest BCUT2D eigenvalue weighted by Gasteiger charge is 2.25. The van der Waals surface area contributed by atoms with Crippen LogP contribution in [0.15, 0.2) is 18.2 Å². The van der Waals surface area contributed by atoms with Gasteiger partial charge in [0.1, 0.15) is 11.6 Å². The van der Waals surface area contributed by atoms with E-state index >= 15 is 0 Å². The molecule has 3 amide bonds. The standard InChI is InChI=1S/C23H30ClN3O6/c1-23(2,3)33-22(31)27-18(10-11-19(25)28)21(30)26-17-13-15(12-16(24)14-17)8-6-5-7-9-20(29)32-4/h12-14,18H,5,7,9-11H2,1-4H3,(H2,25,28)(H,26,30)(H,27,31)/t18-/m0/s1. The van der Waals surface area contributed by atoms with Gasteiger partial charge in [0.2, 0.25) is 11.8 Å². The van der Waals surface area contributed by atoms with E-state index in [2.05, 4.69) is 27.2 Å². The zero-order valence-electron chi connectivity index (χ0n) is 19.2. The number of carbonyl (C=O) groups is 4. The minimum atomic E-state index is -1.06. The van der Waals surface area contributed by atoms with Crippen molar-refractivity contribution in [1.29, 1.82) is 0 Å². The molecule has 9 nitrogen and oxygen atoms in total. The van der Waals surface area contributed by atoms with Crippen LogP contribution in [0.3, 0.4) is 0 Å². The van der Waals surface area contributed by atoms with E-state index in [1.54, 1.807) is 32.9 Å². The summed E-state index contributed by atoms with van der Waals surface area (Å²) in [4.78, 5) is 47.2. The first kappa shape index (κ1) is 27.8. The lowest BCUT2D eigenvalue weighted by molar-refractivity contribution is -0.140. The molecule has 4 N–H and O–H groups in total. The Kier molecular flexibility index (Phi) is 11.2. The lowest BCUT2D eigenvalue weighted by Gasteiger charge is -2.23. The van der Waals surface area contributed by atoms with Crippen LogP contribution in [0.2, 0.25) is 5.02 Å². The van der Waals surface area contributed by atoms with Gasteiger partial charge in [0, 0.05) is 35.5 Å². The van der Waals surface area contributed by atoms with Gasteiger partial charge in [-0.1, -0.05) is 23.4 Å². The summed E-state index contributed by atoms with van der Waals surface area (Å²) in [6, 6.07) is 3.73. The molecule has 0 bridgehead atoms. The Morgan fingerprint density at radius 2 is 1.85 bits per heavy atom. The number of hydrogen-bond donors (Lipinski definition) is 3. The lowest BCUT2D eigenvalue weighted by atomic mass is 10.1. The molecule has 1 aromatic carbocycles. The fourth-order valence-electron chi connectivity index (χ4n) is 2.56. The normalized spacial score (nSPS) is 11.4. The van der Waals surface area contributed by atoms with Crippen molar-refractivity contribution >= 4 is 41.2 Å². The van der Waals surface area contributed by atoms with Gasteiger partial charge in [-0.3, -0.25) is 14.4 Å². The molecular formula is C23H30ClN3O6. The molecule has 0 fully saturated rings. The first-order chi connectivity index (χ1) is 15.4. The van der Waals surface area contributed by atoms with Gasteiger partial charge in [-0.25, -0.2) is 4.79 Å². The van der Waals surface area contributed by atoms with E-state index in [0.717, 1.165) is 0 Å². The molecule has 1 aromatic rings. The van der Waals surface area contributed by atoms with Crippen LogP contribution in [0.5, 0.6) is 0 Å². The van der Waals surface area contributed by atoms with Crippen LogP contribution >= 0.6 is 11.6 Å². The zero-order chi connectivity index (χ0) is 25.0. The molecule has 33 heavy (non-hydrogen) atoms. The predicted octanol–water partition coefficient (Wildman–Crippen LogP) is 3.13. The number of primary amides is 1. The Bertz CT molecular complexity index is 930. The largest absolute Gasteiger partial charge is 0.469 e. The van der Waals surface area contributed by atoms with Gasteiger partial charge >= 0.3 is 12.1 Å². The van der Waals surface area contributed by atoms with E-state index in [1.165, 1.54) is 13.2 Å². The molecule has 0 spiro atoms. The Labute approximate surface area is 198 Å². The van der Waals surface area contributed by atoms with Crippen molar-refractivity contribution in [3.63, 3.8) is 0 Å². The number of benzene rings is 1. The molecule has 0 saturated heterocycles. The van der Waals surface area contributed by atoms with Gasteiger partial charge in [0.05, 0.1) is 7.11 Å². The molecular weight excluding hydrogens is 450 g/mol. The summed E-state index contributed by atoms with van der Waals surface area (Å²) in [6.07, 6.45) is 0.413. The summed E-state index contributed by atoms with van der Waals surface area (Å²) in [7, 11) is 1.33. The third kappa shape index (κ3) is 12.4. The van der Waals surface area contributed by atoms with Crippen LogP contribution in [-0.2, 0) is 23.9 Å². The minimum absolute atomic E-state index is 0.00612. The van der Waals surface area contributed by atoms with Crippen LogP contribution in [0.25, 0.3) is 0 Å². The van der Waals surface area contributed by atoms with E-state index in [4.69, 9.17) is 22.1 Å². The van der Waals surface area contributed by atoms with Gasteiger partial charge in [0.15, 0.2) is 0 Å². The summed E-state index contributed by atoms with van der Waals surface area (Å²) in [5.41, 5.74) is 5.35. The van der Waals surface area contributed by atoms with Crippen molar-refractivity contribution in [1.82, 2.24) is 5.32 Å². The Morgan fingerprint density at radius 3 is 2.45 bits per heavy atom. The second-order valence-electron chi connectivity index (χ2n) is 8.15. The van der Waals surface area contributed by atoms with Gasteiger partial charge in [-0.05, 0) is 51.8 Å². The smallest absolute Gasteiger partial charge is 0.408 e. The molecule has 0 aliphatic carbocycles. The fourth-order valence-corrected chi connectivity index (χ4v) is 2.79. The maximum absolute atomic E-state index is 12.8. The number of ether oxygens (including phenoxy) is 2. The van der Waals surface area contributed by atoms with Gasteiger partial charge < -0.3 is 25.8 Å². The topological polar surface area (TPSA) is 137 Å². The monoisotopic (exact) mass is 479 g/mol. The molecule has 10 heteroatoms. The fraction of sp³-hybridized carbons (Fsp3) is 0.478. The Morgan fingerprint density at radius 1 is 1.15 bits per heavy atom. The lowest BCUT2D eigenvalue weighted by Crippen LogP contribution is -2.46. The summed E-state index contributed by atoms with van der Waals surface area (Å²) < 4.78 is 9.76. The van der Waals surface area contributed by atoms with Crippen LogP contribution in [0.4, 0.5) is 10.5 Å². The van der Waals surface area contributed by atoms with Crippen LogP contribution in [0.1, 0.15) is 58.4 Å². The Hall–Kier alpha value is -3.25. The maximum atomic E-state index is 12.8. The average Bonchev–Trinajstić information content (AvgIpc) is 2.68. The number of anilines is 1. The average molecular weight is 480 g/mol. The van der Waals surface area contributed by atoms with Gasteiger partial charge in [-0.2, -0.15) is 0 Å². The number of methoxy groups -OCH3 is 1. The number of rotatable bonds is 9. The molecule has 1 atom stereocenters. The van der Waals surface area contributed by atoms with E-state index in [9.17, 15) is 19.2 Å². The van der Waals surface area contributed by atoms with Gasteiger partial charge in [-0.15, -0.1) is 0 Å². The molecule has 0 aromatic heterocycles. The molecule has 0 saturated carbocycles. The minimum Gasteiger partial charge on any atom is -0.469 e. The van der Waals surface area contributed by atoms with Crippen LogP contribution in [0, 0.1) is 11.8 Å². The summed E-state index contributed by atoms with van der Waals surface area (Å²) >= 11 is 6.14. The van der Waals surface area contributed by atoms with E-state index < -0.39 is 29.6 Å².